The lowest BCUT2D eigenvalue weighted by Crippen LogP contribution is -2.40. The summed E-state index contributed by atoms with van der Waals surface area (Å²) in [4.78, 5) is 43.8. The molecule has 1 atom stereocenters. The van der Waals surface area contributed by atoms with E-state index in [0.29, 0.717) is 36.8 Å². The van der Waals surface area contributed by atoms with Crippen LogP contribution in [-0.2, 0) is 17.8 Å². The summed E-state index contributed by atoms with van der Waals surface area (Å²) >= 11 is 1.45. The van der Waals surface area contributed by atoms with Crippen LogP contribution in [0.5, 0.6) is 0 Å². The topological polar surface area (TPSA) is 91.3 Å². The summed E-state index contributed by atoms with van der Waals surface area (Å²) in [5.74, 6) is 1.54. The van der Waals surface area contributed by atoms with Crippen molar-refractivity contribution in [1.82, 2.24) is 24.8 Å². The summed E-state index contributed by atoms with van der Waals surface area (Å²) in [6.45, 7) is 7.30. The number of anilines is 1. The third-order valence-electron chi connectivity index (χ3n) is 5.92. The van der Waals surface area contributed by atoms with Crippen molar-refractivity contribution >= 4 is 29.0 Å². The summed E-state index contributed by atoms with van der Waals surface area (Å²) in [5, 5.41) is 4.09. The number of amides is 2. The van der Waals surface area contributed by atoms with Gasteiger partial charge in [-0.1, -0.05) is 0 Å². The molecule has 4 rings (SSSR count). The molecule has 0 aromatic carbocycles. The van der Waals surface area contributed by atoms with E-state index in [9.17, 15) is 9.59 Å². The number of thiazole rings is 1. The molecule has 1 saturated heterocycles. The third-order valence-corrected chi connectivity index (χ3v) is 6.98. The number of hydrogen-bond donors (Lipinski definition) is 1. The Hall–Kier alpha value is -2.55. The second-order valence-electron chi connectivity index (χ2n) is 7.95. The fourth-order valence-electron chi connectivity index (χ4n) is 4.36. The highest BCUT2D eigenvalue weighted by Crippen LogP contribution is 2.34. The van der Waals surface area contributed by atoms with Crippen molar-refractivity contribution in [2.45, 2.75) is 59.0 Å². The van der Waals surface area contributed by atoms with Gasteiger partial charge < -0.3 is 15.1 Å². The van der Waals surface area contributed by atoms with E-state index in [4.69, 9.17) is 9.97 Å². The van der Waals surface area contributed by atoms with Crippen molar-refractivity contribution in [3.8, 4) is 0 Å². The number of nitrogens with one attached hydrogen (secondary N) is 1. The van der Waals surface area contributed by atoms with Gasteiger partial charge in [-0.15, -0.1) is 11.3 Å². The Morgan fingerprint density at radius 3 is 2.60 bits per heavy atom. The molecule has 0 aliphatic carbocycles. The number of aromatic nitrogens is 3. The molecule has 1 N–H and O–H groups in total. The first-order chi connectivity index (χ1) is 14.4. The molecule has 0 radical (unpaired) electrons. The number of aryl methyl sites for hydroxylation is 2. The SMILES string of the molecule is CNc1nc([C@@H]2CCCCN2C(=O)c2sc(C)nc2C)nc2c1CN(C(C)=O)CC2. The summed E-state index contributed by atoms with van der Waals surface area (Å²) in [7, 11) is 1.84. The normalized spacial score (nSPS) is 18.9. The van der Waals surface area contributed by atoms with E-state index in [2.05, 4.69) is 10.3 Å². The van der Waals surface area contributed by atoms with Crippen molar-refractivity contribution in [2.24, 2.45) is 0 Å². The average molecular weight is 429 g/mol. The van der Waals surface area contributed by atoms with E-state index in [1.165, 1.54) is 11.3 Å². The van der Waals surface area contributed by atoms with E-state index in [1.54, 1.807) is 6.92 Å². The number of carbonyl (C=O) groups is 2. The molecule has 2 aromatic heterocycles. The first kappa shape index (κ1) is 20.7. The number of nitrogens with zero attached hydrogens (tertiary/aromatic N) is 5. The fourth-order valence-corrected chi connectivity index (χ4v) is 5.24. The molecule has 30 heavy (non-hydrogen) atoms. The van der Waals surface area contributed by atoms with Gasteiger partial charge in [0.1, 0.15) is 10.7 Å². The molecule has 2 amide bonds. The molecule has 0 saturated carbocycles. The third kappa shape index (κ3) is 3.78. The van der Waals surface area contributed by atoms with E-state index >= 15 is 0 Å². The Labute approximate surface area is 180 Å². The molecule has 1 fully saturated rings. The van der Waals surface area contributed by atoms with Crippen LogP contribution in [0, 0.1) is 13.8 Å². The number of carbonyl (C=O) groups excluding carboxylic acids is 2. The lowest BCUT2D eigenvalue weighted by molar-refractivity contribution is -0.129. The minimum absolute atomic E-state index is 0.0258. The zero-order chi connectivity index (χ0) is 21.4. The molecule has 0 unspecified atom stereocenters. The van der Waals surface area contributed by atoms with Gasteiger partial charge in [0.05, 0.1) is 29.0 Å². The van der Waals surface area contributed by atoms with Gasteiger partial charge in [-0.3, -0.25) is 9.59 Å². The summed E-state index contributed by atoms with van der Waals surface area (Å²) in [6, 6.07) is -0.142. The number of likely N-dealkylation sites (tertiary alicyclic amines) is 1. The van der Waals surface area contributed by atoms with Gasteiger partial charge >= 0.3 is 0 Å². The first-order valence-electron chi connectivity index (χ1n) is 10.5. The van der Waals surface area contributed by atoms with Gasteiger partial charge in [0, 0.05) is 39.0 Å². The van der Waals surface area contributed by atoms with Gasteiger partial charge in [0.2, 0.25) is 5.91 Å². The van der Waals surface area contributed by atoms with E-state index in [-0.39, 0.29) is 17.9 Å². The number of fused-ring (bicyclic) bond motifs is 1. The molecule has 0 bridgehead atoms. The molecule has 8 nitrogen and oxygen atoms in total. The Balaban J connectivity index is 1.68. The Bertz CT molecular complexity index is 971. The second kappa shape index (κ2) is 8.29. The largest absolute Gasteiger partial charge is 0.373 e. The Morgan fingerprint density at radius 1 is 1.13 bits per heavy atom. The standard InChI is InChI=1S/C21H28N6O2S/c1-12-18(30-13(2)23-12)21(29)27-9-6-5-7-17(27)20-24-16-8-10-26(14(3)28)11-15(16)19(22-4)25-20/h17H,5-11H2,1-4H3,(H,22,24,25)/t17-/m0/s1. The van der Waals surface area contributed by atoms with Crippen LogP contribution in [0.15, 0.2) is 0 Å². The lowest BCUT2D eigenvalue weighted by atomic mass is 9.99. The van der Waals surface area contributed by atoms with Crippen LogP contribution in [-0.4, -0.2) is 56.7 Å². The zero-order valence-corrected chi connectivity index (χ0v) is 18.8. The maximum atomic E-state index is 13.4. The summed E-state index contributed by atoms with van der Waals surface area (Å²) < 4.78 is 0. The molecule has 9 heteroatoms. The fraction of sp³-hybridized carbons (Fsp3) is 0.571. The predicted molar refractivity (Wildman–Crippen MR) is 116 cm³/mol. The predicted octanol–water partition coefficient (Wildman–Crippen LogP) is 2.86. The van der Waals surface area contributed by atoms with E-state index < -0.39 is 0 Å². The summed E-state index contributed by atoms with van der Waals surface area (Å²) in [5.41, 5.74) is 2.74. The maximum absolute atomic E-state index is 13.4. The smallest absolute Gasteiger partial charge is 0.266 e. The highest BCUT2D eigenvalue weighted by atomic mass is 32.1. The van der Waals surface area contributed by atoms with E-state index in [0.717, 1.165) is 47.0 Å². The average Bonchev–Trinajstić information content (AvgIpc) is 3.09. The van der Waals surface area contributed by atoms with Gasteiger partial charge in [-0.05, 0) is 33.1 Å². The molecule has 2 aromatic rings. The molecule has 2 aliphatic rings. The molecular weight excluding hydrogens is 400 g/mol. The van der Waals surface area contributed by atoms with Crippen molar-refractivity contribution in [1.29, 1.82) is 0 Å². The van der Waals surface area contributed by atoms with Gasteiger partial charge in [-0.25, -0.2) is 15.0 Å². The van der Waals surface area contributed by atoms with E-state index in [1.807, 2.05) is 30.7 Å². The quantitative estimate of drug-likeness (QED) is 0.808. The van der Waals surface area contributed by atoms with Gasteiger partial charge in [0.25, 0.3) is 5.91 Å². The van der Waals surface area contributed by atoms with Gasteiger partial charge in [0.15, 0.2) is 5.82 Å². The Morgan fingerprint density at radius 2 is 1.93 bits per heavy atom. The van der Waals surface area contributed by atoms with Crippen LogP contribution in [0.25, 0.3) is 0 Å². The van der Waals surface area contributed by atoms with Crippen LogP contribution in [0.1, 0.15) is 69.7 Å². The molecular formula is C21H28N6O2S. The van der Waals surface area contributed by atoms with Crippen LogP contribution >= 0.6 is 11.3 Å². The Kier molecular flexibility index (Phi) is 5.73. The van der Waals surface area contributed by atoms with Crippen LogP contribution < -0.4 is 5.32 Å². The monoisotopic (exact) mass is 428 g/mol. The highest BCUT2D eigenvalue weighted by Gasteiger charge is 2.34. The second-order valence-corrected chi connectivity index (χ2v) is 9.16. The van der Waals surface area contributed by atoms with Crippen molar-refractivity contribution in [3.05, 3.63) is 32.7 Å². The van der Waals surface area contributed by atoms with Crippen molar-refractivity contribution in [2.75, 3.05) is 25.5 Å². The maximum Gasteiger partial charge on any atom is 0.266 e. The van der Waals surface area contributed by atoms with Crippen LogP contribution in [0.3, 0.4) is 0 Å². The summed E-state index contributed by atoms with van der Waals surface area (Å²) in [6.07, 6.45) is 3.58. The number of piperidine rings is 1. The molecule has 2 aliphatic heterocycles. The highest BCUT2D eigenvalue weighted by molar-refractivity contribution is 7.13. The van der Waals surface area contributed by atoms with Gasteiger partial charge in [-0.2, -0.15) is 0 Å². The zero-order valence-electron chi connectivity index (χ0n) is 18.0. The first-order valence-corrected chi connectivity index (χ1v) is 11.3. The lowest BCUT2D eigenvalue weighted by Gasteiger charge is -2.36. The molecule has 4 heterocycles. The van der Waals surface area contributed by atoms with Crippen molar-refractivity contribution in [3.63, 3.8) is 0 Å². The van der Waals surface area contributed by atoms with Crippen LogP contribution in [0.2, 0.25) is 0 Å². The minimum Gasteiger partial charge on any atom is -0.373 e. The molecule has 160 valence electrons. The van der Waals surface area contributed by atoms with Crippen molar-refractivity contribution < 1.29 is 9.59 Å². The van der Waals surface area contributed by atoms with Crippen LogP contribution in [0.4, 0.5) is 5.82 Å². The minimum atomic E-state index is -0.142. The number of hydrogen-bond acceptors (Lipinski definition) is 7. The molecule has 0 spiro atoms. The number of rotatable bonds is 3.